The van der Waals surface area contributed by atoms with E-state index in [-0.39, 0.29) is 11.7 Å². The molecule has 0 saturated carbocycles. The van der Waals surface area contributed by atoms with E-state index in [0.29, 0.717) is 19.4 Å². The van der Waals surface area contributed by atoms with Crippen LogP contribution in [0.1, 0.15) is 26.7 Å². The fraction of sp³-hybridized carbons (Fsp3) is 0.889. The van der Waals surface area contributed by atoms with Gasteiger partial charge in [0.1, 0.15) is 5.72 Å². The molecule has 0 bridgehead atoms. The highest BCUT2D eigenvalue weighted by Crippen LogP contribution is 2.17. The minimum atomic E-state index is -0.327. The van der Waals surface area contributed by atoms with Gasteiger partial charge in [0.05, 0.1) is 13.2 Å². The number of rotatable bonds is 4. The van der Waals surface area contributed by atoms with E-state index >= 15 is 0 Å². The lowest BCUT2D eigenvalue weighted by atomic mass is 10.1. The van der Waals surface area contributed by atoms with Crippen LogP contribution in [-0.4, -0.2) is 31.5 Å². The molecular formula is C9H17NO3. The summed E-state index contributed by atoms with van der Waals surface area (Å²) in [6, 6.07) is 0. The van der Waals surface area contributed by atoms with Gasteiger partial charge in [-0.05, 0) is 13.8 Å². The zero-order valence-corrected chi connectivity index (χ0v) is 8.26. The first-order valence-electron chi connectivity index (χ1n) is 4.71. The average Bonchev–Trinajstić information content (AvgIpc) is 2.51. The third-order valence-electron chi connectivity index (χ3n) is 2.13. The fourth-order valence-corrected chi connectivity index (χ4v) is 1.38. The van der Waals surface area contributed by atoms with Crippen LogP contribution in [0.2, 0.25) is 0 Å². The molecule has 1 aliphatic rings. The van der Waals surface area contributed by atoms with Crippen LogP contribution >= 0.6 is 0 Å². The second kappa shape index (κ2) is 4.58. The summed E-state index contributed by atoms with van der Waals surface area (Å²) >= 11 is 0. The van der Waals surface area contributed by atoms with E-state index in [1.165, 1.54) is 0 Å². The van der Waals surface area contributed by atoms with Crippen LogP contribution in [0.4, 0.5) is 0 Å². The maximum atomic E-state index is 11.0. The summed E-state index contributed by atoms with van der Waals surface area (Å²) in [7, 11) is 0. The first-order valence-corrected chi connectivity index (χ1v) is 4.71. The fourth-order valence-electron chi connectivity index (χ4n) is 1.38. The molecule has 0 spiro atoms. The number of hydrogen-bond donors (Lipinski definition) is 1. The van der Waals surface area contributed by atoms with Crippen LogP contribution in [0.15, 0.2) is 0 Å². The van der Waals surface area contributed by atoms with Gasteiger partial charge in [-0.25, -0.2) is 0 Å². The van der Waals surface area contributed by atoms with Gasteiger partial charge < -0.3 is 9.47 Å². The molecule has 1 N–H and O–H groups in total. The molecular weight excluding hydrogens is 170 g/mol. The number of carbonyl (C=O) groups excluding carboxylic acids is 1. The molecule has 1 heterocycles. The van der Waals surface area contributed by atoms with E-state index in [4.69, 9.17) is 9.47 Å². The third kappa shape index (κ3) is 3.32. The highest BCUT2D eigenvalue weighted by Gasteiger charge is 2.29. The van der Waals surface area contributed by atoms with Crippen LogP contribution in [-0.2, 0) is 14.3 Å². The van der Waals surface area contributed by atoms with E-state index < -0.39 is 0 Å². The lowest BCUT2D eigenvalue weighted by Gasteiger charge is -2.22. The van der Waals surface area contributed by atoms with Crippen molar-refractivity contribution in [1.82, 2.24) is 5.32 Å². The highest BCUT2D eigenvalue weighted by molar-refractivity contribution is 5.69. The summed E-state index contributed by atoms with van der Waals surface area (Å²) in [6.07, 6.45) is 1.09. The lowest BCUT2D eigenvalue weighted by molar-refractivity contribution is -0.144. The van der Waals surface area contributed by atoms with E-state index in [2.05, 4.69) is 5.32 Å². The Morgan fingerprint density at radius 1 is 1.69 bits per heavy atom. The van der Waals surface area contributed by atoms with Gasteiger partial charge >= 0.3 is 5.97 Å². The summed E-state index contributed by atoms with van der Waals surface area (Å²) in [4.78, 5) is 11.0. The minimum absolute atomic E-state index is 0.152. The van der Waals surface area contributed by atoms with Crippen molar-refractivity contribution in [2.75, 3.05) is 19.8 Å². The summed E-state index contributed by atoms with van der Waals surface area (Å²) in [5.41, 5.74) is -0.327. The smallest absolute Gasteiger partial charge is 0.305 e. The van der Waals surface area contributed by atoms with Crippen molar-refractivity contribution >= 4 is 5.97 Å². The number of carbonyl (C=O) groups is 1. The predicted molar refractivity (Wildman–Crippen MR) is 48.2 cm³/mol. The maximum absolute atomic E-state index is 11.0. The molecule has 1 fully saturated rings. The Bertz CT molecular complexity index is 176. The van der Waals surface area contributed by atoms with Crippen molar-refractivity contribution in [3.63, 3.8) is 0 Å². The Balaban J connectivity index is 2.21. The van der Waals surface area contributed by atoms with Gasteiger partial charge in [0.2, 0.25) is 0 Å². The molecule has 1 atom stereocenters. The molecule has 1 aliphatic heterocycles. The number of hydrogen-bond acceptors (Lipinski definition) is 4. The topological polar surface area (TPSA) is 47.6 Å². The van der Waals surface area contributed by atoms with E-state index in [0.717, 1.165) is 13.2 Å². The van der Waals surface area contributed by atoms with Crippen LogP contribution in [0.25, 0.3) is 0 Å². The average molecular weight is 187 g/mol. The van der Waals surface area contributed by atoms with Gasteiger partial charge in [0, 0.05) is 19.4 Å². The summed E-state index contributed by atoms with van der Waals surface area (Å²) < 4.78 is 10.3. The van der Waals surface area contributed by atoms with Crippen molar-refractivity contribution < 1.29 is 14.3 Å². The normalized spacial score (nSPS) is 27.5. The summed E-state index contributed by atoms with van der Waals surface area (Å²) in [6.45, 7) is 5.80. The van der Waals surface area contributed by atoms with E-state index in [1.807, 2.05) is 13.8 Å². The molecule has 76 valence electrons. The van der Waals surface area contributed by atoms with Crippen molar-refractivity contribution in [1.29, 1.82) is 0 Å². The Kier molecular flexibility index (Phi) is 3.69. The van der Waals surface area contributed by atoms with Crippen molar-refractivity contribution in [3.8, 4) is 0 Å². The second-order valence-electron chi connectivity index (χ2n) is 3.31. The molecule has 13 heavy (non-hydrogen) atoms. The zero-order chi connectivity index (χ0) is 9.73. The first-order chi connectivity index (χ1) is 6.16. The molecule has 1 unspecified atom stereocenters. The zero-order valence-electron chi connectivity index (χ0n) is 8.26. The Morgan fingerprint density at radius 3 is 3.00 bits per heavy atom. The number of nitrogens with one attached hydrogen (secondary N) is 1. The lowest BCUT2D eigenvalue weighted by Crippen LogP contribution is -2.38. The molecule has 1 saturated heterocycles. The Hall–Kier alpha value is -0.610. The minimum Gasteiger partial charge on any atom is -0.466 e. The van der Waals surface area contributed by atoms with Gasteiger partial charge in [-0.1, -0.05) is 0 Å². The van der Waals surface area contributed by atoms with Gasteiger partial charge in [0.15, 0.2) is 0 Å². The molecule has 0 aromatic carbocycles. The first kappa shape index (κ1) is 10.5. The predicted octanol–water partition coefficient (Wildman–Crippen LogP) is 0.666. The second-order valence-corrected chi connectivity index (χ2v) is 3.31. The van der Waals surface area contributed by atoms with Gasteiger partial charge in [-0.2, -0.15) is 0 Å². The van der Waals surface area contributed by atoms with Crippen molar-refractivity contribution in [2.24, 2.45) is 0 Å². The maximum Gasteiger partial charge on any atom is 0.305 e. The Morgan fingerprint density at radius 2 is 2.46 bits per heavy atom. The number of esters is 1. The Labute approximate surface area is 78.6 Å². The van der Waals surface area contributed by atoms with E-state index in [1.54, 1.807) is 0 Å². The van der Waals surface area contributed by atoms with E-state index in [9.17, 15) is 4.79 Å². The van der Waals surface area contributed by atoms with Crippen LogP contribution in [0.5, 0.6) is 0 Å². The molecule has 1 rings (SSSR count). The molecule has 0 aliphatic carbocycles. The quantitative estimate of drug-likeness (QED) is 0.657. The molecule has 0 amide bonds. The van der Waals surface area contributed by atoms with Gasteiger partial charge in [-0.3, -0.25) is 10.1 Å². The molecule has 0 radical (unpaired) electrons. The molecule has 0 aromatic rings. The summed E-state index contributed by atoms with van der Waals surface area (Å²) in [5.74, 6) is -0.152. The SMILES string of the molecule is CCOC(=O)CCC1(C)NCCO1. The van der Waals surface area contributed by atoms with Crippen LogP contribution in [0.3, 0.4) is 0 Å². The van der Waals surface area contributed by atoms with Gasteiger partial charge in [-0.15, -0.1) is 0 Å². The molecule has 4 nitrogen and oxygen atoms in total. The number of ether oxygens (including phenoxy) is 2. The third-order valence-corrected chi connectivity index (χ3v) is 2.13. The molecule has 4 heteroatoms. The van der Waals surface area contributed by atoms with Crippen molar-refractivity contribution in [2.45, 2.75) is 32.4 Å². The largest absolute Gasteiger partial charge is 0.466 e. The highest BCUT2D eigenvalue weighted by atomic mass is 16.5. The molecule has 0 aromatic heterocycles. The monoisotopic (exact) mass is 187 g/mol. The summed E-state index contributed by atoms with van der Waals surface area (Å²) in [5, 5.41) is 3.20. The van der Waals surface area contributed by atoms with Crippen molar-refractivity contribution in [3.05, 3.63) is 0 Å². The van der Waals surface area contributed by atoms with Crippen LogP contribution in [0, 0.1) is 0 Å². The standard InChI is InChI=1S/C9H17NO3/c1-3-12-8(11)4-5-9(2)10-6-7-13-9/h10H,3-7H2,1-2H3. The van der Waals surface area contributed by atoms with Crippen LogP contribution < -0.4 is 5.32 Å². The van der Waals surface area contributed by atoms with Gasteiger partial charge in [0.25, 0.3) is 0 Å².